The molecule has 0 saturated carbocycles. The van der Waals surface area contributed by atoms with Crippen molar-refractivity contribution in [2.45, 2.75) is 38.1 Å². The average molecular weight is 471 g/mol. The zero-order valence-electron chi connectivity index (χ0n) is 18.0. The summed E-state index contributed by atoms with van der Waals surface area (Å²) in [5.74, 6) is -1.78. The Bertz CT molecular complexity index is 1080. The van der Waals surface area contributed by atoms with Crippen molar-refractivity contribution in [1.82, 2.24) is 20.5 Å². The number of hydrogen-bond acceptors (Lipinski definition) is 4. The number of amides is 1. The Labute approximate surface area is 196 Å². The van der Waals surface area contributed by atoms with E-state index in [1.807, 2.05) is 36.4 Å². The van der Waals surface area contributed by atoms with Gasteiger partial charge in [-0.25, -0.2) is 8.78 Å². The topological polar surface area (TPSA) is 57.3 Å². The minimum atomic E-state index is -0.863. The van der Waals surface area contributed by atoms with Crippen LogP contribution in [-0.4, -0.2) is 34.4 Å². The van der Waals surface area contributed by atoms with Gasteiger partial charge in [0, 0.05) is 49.6 Å². The third-order valence-electron chi connectivity index (χ3n) is 5.77. The third-order valence-corrected chi connectivity index (χ3v) is 6.03. The summed E-state index contributed by atoms with van der Waals surface area (Å²) in [7, 11) is 0. The number of nitrogens with one attached hydrogen (secondary N) is 2. The molecule has 2 aromatic carbocycles. The summed E-state index contributed by atoms with van der Waals surface area (Å²) < 4.78 is 26.7. The Morgan fingerprint density at radius 3 is 2.55 bits per heavy atom. The van der Waals surface area contributed by atoms with Gasteiger partial charge in [0.05, 0.1) is 6.04 Å². The molecule has 8 heteroatoms. The van der Waals surface area contributed by atoms with E-state index in [1.54, 1.807) is 18.5 Å². The molecule has 0 radical (unpaired) electrons. The van der Waals surface area contributed by atoms with Crippen LogP contribution in [-0.2, 0) is 24.4 Å². The van der Waals surface area contributed by atoms with E-state index in [9.17, 15) is 13.6 Å². The smallest absolute Gasteiger partial charge is 0.237 e. The summed E-state index contributed by atoms with van der Waals surface area (Å²) in [4.78, 5) is 19.3. The molecule has 1 amide bonds. The number of hydrogen-bond donors (Lipinski definition) is 2. The number of benzene rings is 2. The molecular formula is C25H25ClF2N4O. The fourth-order valence-electron chi connectivity index (χ4n) is 4.04. The number of carbonyl (C=O) groups excluding carboxylic acids is 1. The van der Waals surface area contributed by atoms with E-state index >= 15 is 0 Å². The van der Waals surface area contributed by atoms with Gasteiger partial charge >= 0.3 is 0 Å². The van der Waals surface area contributed by atoms with Gasteiger partial charge in [0.15, 0.2) is 11.6 Å². The van der Waals surface area contributed by atoms with Crippen molar-refractivity contribution in [2.75, 3.05) is 6.54 Å². The lowest BCUT2D eigenvalue weighted by Gasteiger charge is -2.23. The molecule has 2 atom stereocenters. The SMILES string of the molecule is O=C(NCc1cccnc1)[C@@H]1C[C@H](NCc2ccc(F)c(F)c2)CN1Cc1ccc(Cl)cc1. The fourth-order valence-corrected chi connectivity index (χ4v) is 4.17. The Hall–Kier alpha value is -2.87. The summed E-state index contributed by atoms with van der Waals surface area (Å²) in [6.45, 7) is 2.05. The minimum Gasteiger partial charge on any atom is -0.351 e. The van der Waals surface area contributed by atoms with Gasteiger partial charge in [-0.1, -0.05) is 35.9 Å². The second-order valence-corrected chi connectivity index (χ2v) is 8.65. The van der Waals surface area contributed by atoms with Crippen LogP contribution in [0.3, 0.4) is 0 Å². The van der Waals surface area contributed by atoms with Crippen molar-refractivity contribution in [3.8, 4) is 0 Å². The Morgan fingerprint density at radius 2 is 1.82 bits per heavy atom. The zero-order chi connectivity index (χ0) is 23.2. The predicted octanol–water partition coefficient (Wildman–Crippen LogP) is 4.06. The number of rotatable bonds is 8. The zero-order valence-corrected chi connectivity index (χ0v) is 18.7. The first-order valence-corrected chi connectivity index (χ1v) is 11.2. The molecule has 1 aliphatic rings. The Kier molecular flexibility index (Phi) is 7.65. The Balaban J connectivity index is 1.41. The van der Waals surface area contributed by atoms with Crippen molar-refractivity contribution in [3.05, 3.63) is 100 Å². The number of aromatic nitrogens is 1. The van der Waals surface area contributed by atoms with Gasteiger partial charge in [-0.15, -0.1) is 0 Å². The first-order valence-electron chi connectivity index (χ1n) is 10.8. The fraction of sp³-hybridized carbons (Fsp3) is 0.280. The van der Waals surface area contributed by atoms with E-state index in [2.05, 4.69) is 20.5 Å². The molecule has 0 unspecified atom stereocenters. The maximum Gasteiger partial charge on any atom is 0.237 e. The molecule has 2 N–H and O–H groups in total. The van der Waals surface area contributed by atoms with Crippen LogP contribution in [0.2, 0.25) is 5.02 Å². The first kappa shape index (κ1) is 23.3. The van der Waals surface area contributed by atoms with Gasteiger partial charge < -0.3 is 10.6 Å². The molecule has 4 rings (SSSR count). The molecule has 5 nitrogen and oxygen atoms in total. The first-order chi connectivity index (χ1) is 16.0. The van der Waals surface area contributed by atoms with E-state index in [0.717, 1.165) is 17.2 Å². The van der Waals surface area contributed by atoms with Crippen molar-refractivity contribution >= 4 is 17.5 Å². The van der Waals surface area contributed by atoms with Gasteiger partial charge in [-0.2, -0.15) is 0 Å². The summed E-state index contributed by atoms with van der Waals surface area (Å²) in [5.41, 5.74) is 2.65. The third kappa shape index (κ3) is 6.35. The van der Waals surface area contributed by atoms with Gasteiger partial charge in [0.1, 0.15) is 0 Å². The van der Waals surface area contributed by atoms with E-state index in [4.69, 9.17) is 11.6 Å². The van der Waals surface area contributed by atoms with Gasteiger partial charge in [0.2, 0.25) is 5.91 Å². The molecule has 3 aromatic rings. The van der Waals surface area contributed by atoms with Crippen LogP contribution >= 0.6 is 11.6 Å². The number of likely N-dealkylation sites (tertiary alicyclic amines) is 1. The summed E-state index contributed by atoms with van der Waals surface area (Å²) in [6.07, 6.45) is 4.03. The van der Waals surface area contributed by atoms with Crippen LogP contribution < -0.4 is 10.6 Å². The van der Waals surface area contributed by atoms with Crippen LogP contribution in [0.4, 0.5) is 8.78 Å². The largest absolute Gasteiger partial charge is 0.351 e. The van der Waals surface area contributed by atoms with Crippen molar-refractivity contribution < 1.29 is 13.6 Å². The van der Waals surface area contributed by atoms with E-state index in [1.165, 1.54) is 6.07 Å². The monoisotopic (exact) mass is 470 g/mol. The molecule has 1 fully saturated rings. The highest BCUT2D eigenvalue weighted by molar-refractivity contribution is 6.30. The van der Waals surface area contributed by atoms with Crippen molar-refractivity contribution in [3.63, 3.8) is 0 Å². The molecular weight excluding hydrogens is 446 g/mol. The number of carbonyl (C=O) groups is 1. The van der Waals surface area contributed by atoms with Gasteiger partial charge in [-0.3, -0.25) is 14.7 Å². The van der Waals surface area contributed by atoms with Gasteiger partial charge in [0.25, 0.3) is 0 Å². The lowest BCUT2D eigenvalue weighted by molar-refractivity contribution is -0.125. The molecule has 0 bridgehead atoms. The van der Waals surface area contributed by atoms with E-state index < -0.39 is 11.6 Å². The summed E-state index contributed by atoms with van der Waals surface area (Å²) in [6, 6.07) is 14.9. The summed E-state index contributed by atoms with van der Waals surface area (Å²) in [5, 5.41) is 7.06. The van der Waals surface area contributed by atoms with E-state index in [-0.39, 0.29) is 18.0 Å². The molecule has 2 heterocycles. The standard InChI is InChI=1S/C25H25ClF2N4O/c26-20-6-3-17(4-7-20)15-32-16-21(30-13-18-5-8-22(27)23(28)10-18)11-24(32)25(33)31-14-19-2-1-9-29-12-19/h1-10,12,21,24,30H,11,13-16H2,(H,31,33)/t21-,24-/m0/s1. The molecule has 0 aliphatic carbocycles. The quantitative estimate of drug-likeness (QED) is 0.521. The van der Waals surface area contributed by atoms with Crippen LogP contribution in [0.15, 0.2) is 67.0 Å². The van der Waals surface area contributed by atoms with Crippen molar-refractivity contribution in [1.29, 1.82) is 0 Å². The van der Waals surface area contributed by atoms with Gasteiger partial charge in [-0.05, 0) is 53.4 Å². The van der Waals surface area contributed by atoms with Crippen LogP contribution in [0, 0.1) is 11.6 Å². The lowest BCUT2D eigenvalue weighted by Crippen LogP contribution is -2.42. The maximum absolute atomic E-state index is 13.5. The van der Waals surface area contributed by atoms with Crippen molar-refractivity contribution in [2.24, 2.45) is 0 Å². The highest BCUT2D eigenvalue weighted by atomic mass is 35.5. The second-order valence-electron chi connectivity index (χ2n) is 8.21. The lowest BCUT2D eigenvalue weighted by atomic mass is 10.1. The molecule has 1 aromatic heterocycles. The molecule has 1 saturated heterocycles. The average Bonchev–Trinajstić information content (AvgIpc) is 3.23. The highest BCUT2D eigenvalue weighted by Crippen LogP contribution is 2.23. The van der Waals surface area contributed by atoms with Crippen LogP contribution in [0.5, 0.6) is 0 Å². The number of halogens is 3. The predicted molar refractivity (Wildman–Crippen MR) is 123 cm³/mol. The summed E-state index contributed by atoms with van der Waals surface area (Å²) >= 11 is 6.01. The normalized spacial score (nSPS) is 18.4. The number of pyridine rings is 1. The molecule has 172 valence electrons. The maximum atomic E-state index is 13.5. The Morgan fingerprint density at radius 1 is 1.03 bits per heavy atom. The molecule has 1 aliphatic heterocycles. The molecule has 0 spiro atoms. The van der Waals surface area contributed by atoms with E-state index in [0.29, 0.717) is 43.2 Å². The van der Waals surface area contributed by atoms with Crippen LogP contribution in [0.1, 0.15) is 23.1 Å². The second kappa shape index (κ2) is 10.8. The van der Waals surface area contributed by atoms with Crippen LogP contribution in [0.25, 0.3) is 0 Å². The molecule has 33 heavy (non-hydrogen) atoms. The highest BCUT2D eigenvalue weighted by Gasteiger charge is 2.36. The number of nitrogens with zero attached hydrogens (tertiary/aromatic N) is 2. The minimum absolute atomic E-state index is 0.0274.